The molecule has 164 valence electrons. The fourth-order valence-electron chi connectivity index (χ4n) is 4.19. The summed E-state index contributed by atoms with van der Waals surface area (Å²) in [5.74, 6) is 1.15. The van der Waals surface area contributed by atoms with E-state index in [0.717, 1.165) is 27.1 Å². The van der Waals surface area contributed by atoms with E-state index in [1.807, 2.05) is 60.7 Å². The molecule has 0 radical (unpaired) electrons. The van der Waals surface area contributed by atoms with Crippen LogP contribution in [0.5, 0.6) is 0 Å². The summed E-state index contributed by atoms with van der Waals surface area (Å²) < 4.78 is 23.0. The highest BCUT2D eigenvalue weighted by molar-refractivity contribution is 6.19. The minimum atomic E-state index is -1.06. The van der Waals surface area contributed by atoms with Crippen LogP contribution in [0.2, 0.25) is 0 Å². The molecule has 2 N–H and O–H groups in total. The molecule has 5 heterocycles. The van der Waals surface area contributed by atoms with Gasteiger partial charge in [0.15, 0.2) is 11.5 Å². The van der Waals surface area contributed by atoms with Crippen molar-refractivity contribution in [2.24, 2.45) is 9.98 Å². The average Bonchev–Trinajstić information content (AvgIpc) is 3.57. The molecule has 0 aromatic carbocycles. The summed E-state index contributed by atoms with van der Waals surface area (Å²) >= 11 is 0. The van der Waals surface area contributed by atoms with E-state index in [-0.39, 0.29) is 0 Å². The molecule has 0 amide bonds. The lowest BCUT2D eigenvalue weighted by atomic mass is 10.1. The molecule has 2 atom stereocenters. The molecule has 32 heavy (non-hydrogen) atoms. The molecule has 0 saturated heterocycles. The van der Waals surface area contributed by atoms with Gasteiger partial charge in [-0.05, 0) is 48.6 Å². The first-order chi connectivity index (χ1) is 15.5. The third-order valence-corrected chi connectivity index (χ3v) is 5.72. The van der Waals surface area contributed by atoms with Crippen LogP contribution in [-0.4, -0.2) is 61.3 Å². The van der Waals surface area contributed by atoms with Crippen molar-refractivity contribution < 1.29 is 18.9 Å². The molecular weight excluding hydrogens is 408 g/mol. The molecule has 8 nitrogen and oxygen atoms in total. The molecule has 0 saturated carbocycles. The van der Waals surface area contributed by atoms with Crippen LogP contribution in [0, 0.1) is 0 Å². The van der Waals surface area contributed by atoms with Gasteiger partial charge in [-0.3, -0.25) is 0 Å². The first-order valence-electron chi connectivity index (χ1n) is 10.1. The maximum absolute atomic E-state index is 5.82. The minimum absolute atomic E-state index is 0.555. The molecule has 2 aromatic rings. The molecule has 0 aliphatic carbocycles. The Morgan fingerprint density at radius 1 is 0.719 bits per heavy atom. The monoisotopic (exact) mass is 432 g/mol. The van der Waals surface area contributed by atoms with Crippen LogP contribution in [0.4, 0.5) is 0 Å². The van der Waals surface area contributed by atoms with Crippen molar-refractivity contribution in [1.82, 2.24) is 9.97 Å². The van der Waals surface area contributed by atoms with E-state index in [1.54, 1.807) is 28.4 Å². The molecule has 5 rings (SSSR count). The van der Waals surface area contributed by atoms with Gasteiger partial charge in [0.1, 0.15) is 0 Å². The fraction of sp³-hybridized carbons (Fsp3) is 0.250. The van der Waals surface area contributed by atoms with E-state index in [1.165, 1.54) is 0 Å². The lowest BCUT2D eigenvalue weighted by Crippen LogP contribution is -2.33. The van der Waals surface area contributed by atoms with Crippen molar-refractivity contribution in [3.8, 4) is 0 Å². The number of H-pyrrole nitrogens is 2. The third kappa shape index (κ3) is 3.16. The Bertz CT molecular complexity index is 1440. The van der Waals surface area contributed by atoms with Gasteiger partial charge in [-0.2, -0.15) is 0 Å². The maximum atomic E-state index is 5.82. The number of allylic oxidation sites excluding steroid dienone is 2. The first-order valence-corrected chi connectivity index (χ1v) is 10.1. The Kier molecular flexibility index (Phi) is 4.76. The van der Waals surface area contributed by atoms with Gasteiger partial charge in [0.25, 0.3) is 0 Å². The normalized spacial score (nSPS) is 25.9. The van der Waals surface area contributed by atoms with Gasteiger partial charge >= 0.3 is 0 Å². The van der Waals surface area contributed by atoms with E-state index in [4.69, 9.17) is 28.9 Å². The maximum Gasteiger partial charge on any atom is 0.239 e. The van der Waals surface area contributed by atoms with Gasteiger partial charge in [-0.15, -0.1) is 0 Å². The molecule has 8 bridgehead atoms. The Labute approximate surface area is 184 Å². The van der Waals surface area contributed by atoms with E-state index in [0.29, 0.717) is 17.2 Å². The third-order valence-electron chi connectivity index (χ3n) is 5.72. The predicted octanol–water partition coefficient (Wildman–Crippen LogP) is -0.166. The molecule has 3 aliphatic heterocycles. The Morgan fingerprint density at radius 2 is 1.41 bits per heavy atom. The standard InChI is InChI=1S/C24H24N4O4/c1-29-21-13-19-12-16-7-8-20(26-16)22(30-2)23(31-3)10-9-17(27-23)11-15-5-6-18(25-15)14-24(21,28-19)32-4/h5-14,25-26H,1-4H3. The molecule has 2 aromatic heterocycles. The second-order valence-electron chi connectivity index (χ2n) is 7.58. The van der Waals surface area contributed by atoms with Crippen LogP contribution >= 0.6 is 0 Å². The highest BCUT2D eigenvalue weighted by atomic mass is 16.5. The molecule has 2 unspecified atom stereocenters. The predicted molar refractivity (Wildman–Crippen MR) is 122 cm³/mol. The van der Waals surface area contributed by atoms with E-state index in [2.05, 4.69) is 9.97 Å². The second-order valence-corrected chi connectivity index (χ2v) is 7.58. The van der Waals surface area contributed by atoms with Crippen LogP contribution < -0.4 is 21.4 Å². The number of methoxy groups -OCH3 is 4. The Morgan fingerprint density at radius 3 is 2.16 bits per heavy atom. The van der Waals surface area contributed by atoms with Crippen molar-refractivity contribution >= 4 is 35.4 Å². The highest BCUT2D eigenvalue weighted by Crippen LogP contribution is 2.31. The molecular formula is C24H24N4O4. The topological polar surface area (TPSA) is 93.2 Å². The number of aromatic amines is 2. The minimum Gasteiger partial charge on any atom is -0.495 e. The lowest BCUT2D eigenvalue weighted by molar-refractivity contribution is 0.0407. The average molecular weight is 432 g/mol. The summed E-state index contributed by atoms with van der Waals surface area (Å²) in [5.41, 5.74) is -0.657. The highest BCUT2D eigenvalue weighted by Gasteiger charge is 2.38. The van der Waals surface area contributed by atoms with Gasteiger partial charge in [0.2, 0.25) is 11.4 Å². The van der Waals surface area contributed by atoms with Gasteiger partial charge < -0.3 is 28.9 Å². The lowest BCUT2D eigenvalue weighted by Gasteiger charge is -2.24. The van der Waals surface area contributed by atoms with E-state index < -0.39 is 11.4 Å². The number of nitrogens with zero attached hydrogens (tertiary/aromatic N) is 2. The van der Waals surface area contributed by atoms with Crippen LogP contribution in [0.25, 0.3) is 24.0 Å². The first kappa shape index (κ1) is 20.3. The van der Waals surface area contributed by atoms with Crippen molar-refractivity contribution in [2.45, 2.75) is 11.4 Å². The van der Waals surface area contributed by atoms with Crippen LogP contribution in [-0.2, 0) is 18.9 Å². The number of rotatable bonds is 4. The zero-order valence-corrected chi connectivity index (χ0v) is 18.3. The number of hydrogen-bond donors (Lipinski definition) is 2. The van der Waals surface area contributed by atoms with Gasteiger partial charge in [0, 0.05) is 42.4 Å². The van der Waals surface area contributed by atoms with Gasteiger partial charge in [0.05, 0.1) is 31.0 Å². The zero-order chi connectivity index (χ0) is 22.3. The number of aliphatic imine (C=N–C) groups is 2. The van der Waals surface area contributed by atoms with Crippen molar-refractivity contribution in [3.05, 3.63) is 69.6 Å². The van der Waals surface area contributed by atoms with Crippen LogP contribution in [0.3, 0.4) is 0 Å². The van der Waals surface area contributed by atoms with Gasteiger partial charge in [-0.1, -0.05) is 0 Å². The Balaban J connectivity index is 1.83. The van der Waals surface area contributed by atoms with E-state index >= 15 is 0 Å². The van der Waals surface area contributed by atoms with Crippen molar-refractivity contribution in [2.75, 3.05) is 28.4 Å². The number of nitrogens with one attached hydrogen (secondary N) is 2. The second kappa shape index (κ2) is 7.51. The SMILES string of the molecule is COC1=CC2=NC1(OC)C=c1ccc([nH]1)=CC1=NC(OC)(C=C1)C(OC)=c1ccc([nH]1)=C2. The molecule has 0 spiro atoms. The molecule has 0 fully saturated rings. The van der Waals surface area contributed by atoms with Crippen molar-refractivity contribution in [1.29, 1.82) is 0 Å². The van der Waals surface area contributed by atoms with E-state index in [9.17, 15) is 0 Å². The number of hydrogen-bond acceptors (Lipinski definition) is 6. The largest absolute Gasteiger partial charge is 0.495 e. The quantitative estimate of drug-likeness (QED) is 0.702. The molecule has 3 aliphatic rings. The Hall–Kier alpha value is -3.62. The van der Waals surface area contributed by atoms with Crippen LogP contribution in [0.15, 0.2) is 58.2 Å². The smallest absolute Gasteiger partial charge is 0.239 e. The fourth-order valence-corrected chi connectivity index (χ4v) is 4.19. The van der Waals surface area contributed by atoms with Crippen LogP contribution in [0.1, 0.15) is 0 Å². The summed E-state index contributed by atoms with van der Waals surface area (Å²) in [4.78, 5) is 16.4. The summed E-state index contributed by atoms with van der Waals surface area (Å²) in [6, 6.07) is 7.80. The summed E-state index contributed by atoms with van der Waals surface area (Å²) in [6.07, 6.45) is 11.4. The summed E-state index contributed by atoms with van der Waals surface area (Å²) in [6.45, 7) is 0. The van der Waals surface area contributed by atoms with Crippen molar-refractivity contribution in [3.63, 3.8) is 0 Å². The number of ether oxygens (including phenoxy) is 4. The number of fused-ring (bicyclic) bond motifs is 6. The summed E-state index contributed by atoms with van der Waals surface area (Å²) in [5, 5.41) is 3.31. The number of aromatic nitrogens is 2. The zero-order valence-electron chi connectivity index (χ0n) is 18.3. The van der Waals surface area contributed by atoms with Gasteiger partial charge in [-0.25, -0.2) is 9.98 Å². The summed E-state index contributed by atoms with van der Waals surface area (Å²) in [7, 11) is 6.44. The molecule has 8 heteroatoms.